The summed E-state index contributed by atoms with van der Waals surface area (Å²) in [6.45, 7) is 8.97. The molecule has 1 nitrogen and oxygen atoms in total. The van der Waals surface area contributed by atoms with Crippen molar-refractivity contribution in [3.05, 3.63) is 11.1 Å². The first-order valence-corrected chi connectivity index (χ1v) is 6.74. The van der Waals surface area contributed by atoms with Crippen LogP contribution in [0.25, 0.3) is 0 Å². The van der Waals surface area contributed by atoms with Gasteiger partial charge in [-0.25, -0.2) is 0 Å². The van der Waals surface area contributed by atoms with Gasteiger partial charge in [0.15, 0.2) is 5.78 Å². The molecule has 0 heterocycles. The van der Waals surface area contributed by atoms with Crippen LogP contribution in [0.2, 0.25) is 0 Å². The third-order valence-corrected chi connectivity index (χ3v) is 3.41. The molecule has 0 aliphatic heterocycles. The van der Waals surface area contributed by atoms with Gasteiger partial charge in [0.25, 0.3) is 0 Å². The summed E-state index contributed by atoms with van der Waals surface area (Å²) in [7, 11) is 0. The molecule has 0 spiro atoms. The Labute approximate surface area is 100 Å². The Morgan fingerprint density at radius 3 is 2.06 bits per heavy atom. The van der Waals surface area contributed by atoms with E-state index in [-0.39, 0.29) is 0 Å². The molecule has 0 fully saturated rings. The number of Topliss-reactive ketones (excluding diaryl/α,β-unsaturated/α-hetero) is 1. The number of carbonyl (C=O) groups is 1. The lowest BCUT2D eigenvalue weighted by molar-refractivity contribution is -0.115. The van der Waals surface area contributed by atoms with Crippen LogP contribution < -0.4 is 0 Å². The Morgan fingerprint density at radius 2 is 1.50 bits per heavy atom. The van der Waals surface area contributed by atoms with E-state index >= 15 is 0 Å². The number of ketones is 1. The van der Waals surface area contributed by atoms with Crippen molar-refractivity contribution < 1.29 is 4.79 Å². The first-order chi connectivity index (χ1) is 7.50. The SMILES string of the molecule is CC(C)CCC1=C(CCC(C)C)C(=O)CC1. The van der Waals surface area contributed by atoms with Crippen LogP contribution in [0.1, 0.15) is 66.2 Å². The molecule has 0 aromatic rings. The van der Waals surface area contributed by atoms with Crippen LogP contribution >= 0.6 is 0 Å². The van der Waals surface area contributed by atoms with Gasteiger partial charge in [0.1, 0.15) is 0 Å². The van der Waals surface area contributed by atoms with E-state index in [0.717, 1.165) is 38.0 Å². The van der Waals surface area contributed by atoms with E-state index in [1.807, 2.05) is 0 Å². The summed E-state index contributed by atoms with van der Waals surface area (Å²) >= 11 is 0. The maximum absolute atomic E-state index is 11.8. The number of rotatable bonds is 6. The lowest BCUT2D eigenvalue weighted by Crippen LogP contribution is -1.99. The summed E-state index contributed by atoms with van der Waals surface area (Å²) < 4.78 is 0. The van der Waals surface area contributed by atoms with Gasteiger partial charge in [0, 0.05) is 6.42 Å². The minimum Gasteiger partial charge on any atom is -0.295 e. The fourth-order valence-corrected chi connectivity index (χ4v) is 2.25. The summed E-state index contributed by atoms with van der Waals surface area (Å²) in [6, 6.07) is 0. The number of hydrogen-bond acceptors (Lipinski definition) is 1. The van der Waals surface area contributed by atoms with Gasteiger partial charge in [0.2, 0.25) is 0 Å². The Morgan fingerprint density at radius 1 is 0.938 bits per heavy atom. The van der Waals surface area contributed by atoms with E-state index in [9.17, 15) is 4.79 Å². The first kappa shape index (κ1) is 13.5. The molecule has 92 valence electrons. The number of hydrogen-bond donors (Lipinski definition) is 0. The molecule has 0 N–H and O–H groups in total. The highest BCUT2D eigenvalue weighted by Crippen LogP contribution is 2.31. The van der Waals surface area contributed by atoms with Gasteiger partial charge in [-0.05, 0) is 49.5 Å². The zero-order chi connectivity index (χ0) is 12.1. The van der Waals surface area contributed by atoms with Crippen molar-refractivity contribution in [2.24, 2.45) is 11.8 Å². The molecule has 0 radical (unpaired) electrons. The molecule has 0 aromatic heterocycles. The van der Waals surface area contributed by atoms with E-state index in [4.69, 9.17) is 0 Å². The second-order valence-corrected chi connectivity index (χ2v) is 5.87. The molecule has 0 unspecified atom stereocenters. The molecule has 16 heavy (non-hydrogen) atoms. The van der Waals surface area contributed by atoms with Gasteiger partial charge in [-0.1, -0.05) is 33.3 Å². The van der Waals surface area contributed by atoms with Crippen molar-refractivity contribution in [3.8, 4) is 0 Å². The van der Waals surface area contributed by atoms with Gasteiger partial charge >= 0.3 is 0 Å². The third-order valence-electron chi connectivity index (χ3n) is 3.41. The standard InChI is InChI=1S/C15H26O/c1-11(2)5-7-13-8-10-15(16)14(13)9-6-12(3)4/h11-12H,5-10H2,1-4H3. The molecular weight excluding hydrogens is 196 g/mol. The Balaban J connectivity index is 2.56. The molecule has 1 rings (SSSR count). The maximum Gasteiger partial charge on any atom is 0.159 e. The van der Waals surface area contributed by atoms with Crippen molar-refractivity contribution in [2.75, 3.05) is 0 Å². The third kappa shape index (κ3) is 4.11. The molecule has 0 saturated carbocycles. The van der Waals surface area contributed by atoms with Crippen LogP contribution in [-0.4, -0.2) is 5.78 Å². The highest BCUT2D eigenvalue weighted by molar-refractivity contribution is 5.98. The minimum absolute atomic E-state index is 0.430. The average molecular weight is 222 g/mol. The van der Waals surface area contributed by atoms with Gasteiger partial charge in [0.05, 0.1) is 0 Å². The highest BCUT2D eigenvalue weighted by atomic mass is 16.1. The fourth-order valence-electron chi connectivity index (χ4n) is 2.25. The molecule has 0 atom stereocenters. The van der Waals surface area contributed by atoms with Gasteiger partial charge < -0.3 is 0 Å². The minimum atomic E-state index is 0.430. The van der Waals surface area contributed by atoms with Crippen LogP contribution in [0.15, 0.2) is 11.1 Å². The summed E-state index contributed by atoms with van der Waals surface area (Å²) in [6.07, 6.45) is 6.38. The van der Waals surface area contributed by atoms with E-state index in [2.05, 4.69) is 27.7 Å². The largest absolute Gasteiger partial charge is 0.295 e. The zero-order valence-electron chi connectivity index (χ0n) is 11.3. The second kappa shape index (κ2) is 6.22. The highest BCUT2D eigenvalue weighted by Gasteiger charge is 2.22. The number of carbonyl (C=O) groups excluding carboxylic acids is 1. The molecule has 0 amide bonds. The molecule has 1 aliphatic carbocycles. The van der Waals surface area contributed by atoms with Gasteiger partial charge in [-0.3, -0.25) is 4.79 Å². The Hall–Kier alpha value is -0.590. The van der Waals surface area contributed by atoms with Crippen LogP contribution in [0.3, 0.4) is 0 Å². The lowest BCUT2D eigenvalue weighted by atomic mass is 9.96. The number of allylic oxidation sites excluding steroid dienone is 2. The normalized spacial score (nSPS) is 17.0. The molecule has 0 aromatic carbocycles. The molecule has 1 heteroatoms. The van der Waals surface area contributed by atoms with E-state index in [0.29, 0.717) is 11.7 Å². The predicted molar refractivity (Wildman–Crippen MR) is 69.4 cm³/mol. The van der Waals surface area contributed by atoms with Crippen molar-refractivity contribution in [1.82, 2.24) is 0 Å². The van der Waals surface area contributed by atoms with Crippen LogP contribution in [0, 0.1) is 11.8 Å². The first-order valence-electron chi connectivity index (χ1n) is 6.74. The Kier molecular flexibility index (Phi) is 5.24. The molecule has 1 aliphatic rings. The van der Waals surface area contributed by atoms with Crippen molar-refractivity contribution in [2.45, 2.75) is 66.2 Å². The topological polar surface area (TPSA) is 17.1 Å². The smallest absolute Gasteiger partial charge is 0.159 e. The van der Waals surface area contributed by atoms with E-state index in [1.54, 1.807) is 0 Å². The van der Waals surface area contributed by atoms with Crippen molar-refractivity contribution in [1.29, 1.82) is 0 Å². The van der Waals surface area contributed by atoms with Crippen molar-refractivity contribution >= 4 is 5.78 Å². The molecule has 0 bridgehead atoms. The quantitative estimate of drug-likeness (QED) is 0.646. The van der Waals surface area contributed by atoms with Crippen LogP contribution in [0.5, 0.6) is 0 Å². The van der Waals surface area contributed by atoms with Crippen molar-refractivity contribution in [3.63, 3.8) is 0 Å². The molecular formula is C15H26O. The summed E-state index contributed by atoms with van der Waals surface area (Å²) in [5, 5.41) is 0. The summed E-state index contributed by atoms with van der Waals surface area (Å²) in [5.41, 5.74) is 2.66. The van der Waals surface area contributed by atoms with Crippen LogP contribution in [-0.2, 0) is 4.79 Å². The Bertz CT molecular complexity index is 271. The predicted octanol–water partition coefficient (Wildman–Crippen LogP) is 4.52. The van der Waals surface area contributed by atoms with Gasteiger partial charge in [-0.15, -0.1) is 0 Å². The van der Waals surface area contributed by atoms with Crippen LogP contribution in [0.4, 0.5) is 0 Å². The summed E-state index contributed by atoms with van der Waals surface area (Å²) in [5.74, 6) is 1.88. The molecule has 0 saturated heterocycles. The van der Waals surface area contributed by atoms with E-state index < -0.39 is 0 Å². The second-order valence-electron chi connectivity index (χ2n) is 5.87. The fraction of sp³-hybridized carbons (Fsp3) is 0.800. The lowest BCUT2D eigenvalue weighted by Gasteiger charge is -2.09. The monoisotopic (exact) mass is 222 g/mol. The average Bonchev–Trinajstić information content (AvgIpc) is 2.53. The van der Waals surface area contributed by atoms with Gasteiger partial charge in [-0.2, -0.15) is 0 Å². The van der Waals surface area contributed by atoms with E-state index in [1.165, 1.54) is 17.6 Å². The zero-order valence-corrected chi connectivity index (χ0v) is 11.3. The summed E-state index contributed by atoms with van der Waals surface area (Å²) in [4.78, 5) is 11.8. The maximum atomic E-state index is 11.8.